The van der Waals surface area contributed by atoms with Gasteiger partial charge in [-0.2, -0.15) is 0 Å². The van der Waals surface area contributed by atoms with Crippen molar-refractivity contribution >= 4 is 22.4 Å². The van der Waals surface area contributed by atoms with Crippen LogP contribution in [0, 0.1) is 10.1 Å². The highest BCUT2D eigenvalue weighted by Gasteiger charge is 2.28. The summed E-state index contributed by atoms with van der Waals surface area (Å²) < 4.78 is 11.5. The molecule has 132 valence electrons. The van der Waals surface area contributed by atoms with Crippen LogP contribution in [0.15, 0.2) is 48.5 Å². The third-order valence-corrected chi connectivity index (χ3v) is 4.29. The largest absolute Gasteiger partial charge is 0.493 e. The minimum Gasteiger partial charge on any atom is -0.493 e. The van der Waals surface area contributed by atoms with Crippen molar-refractivity contribution in [2.24, 2.45) is 0 Å². The molecule has 1 atom stereocenters. The zero-order valence-corrected chi connectivity index (χ0v) is 14.1. The van der Waals surface area contributed by atoms with E-state index in [1.165, 1.54) is 12.1 Å². The second-order valence-corrected chi connectivity index (χ2v) is 5.94. The molecule has 1 aromatic heterocycles. The first-order chi connectivity index (χ1) is 12.7. The molecule has 0 bridgehead atoms. The third kappa shape index (κ3) is 2.88. The number of nitrogens with zero attached hydrogens (tertiary/aromatic N) is 2. The average Bonchev–Trinajstić information content (AvgIpc) is 3.05. The van der Waals surface area contributed by atoms with Gasteiger partial charge in [0, 0.05) is 17.5 Å². The van der Waals surface area contributed by atoms with Gasteiger partial charge in [0.1, 0.15) is 23.9 Å². The van der Waals surface area contributed by atoms with Crippen molar-refractivity contribution in [3.05, 3.63) is 64.2 Å². The van der Waals surface area contributed by atoms with Gasteiger partial charge in [-0.1, -0.05) is 6.07 Å². The number of pyridine rings is 1. The average molecular weight is 351 g/mol. The Morgan fingerprint density at radius 1 is 1.31 bits per heavy atom. The number of aromatic nitrogens is 1. The number of hydrogen-bond acceptors (Lipinski definition) is 6. The molecule has 1 N–H and O–H groups in total. The van der Waals surface area contributed by atoms with Crippen LogP contribution in [-0.2, 0) is 0 Å². The Kier molecular flexibility index (Phi) is 4.04. The highest BCUT2D eigenvalue weighted by atomic mass is 16.6. The number of nitro benzene ring substituents is 1. The van der Waals surface area contributed by atoms with Crippen LogP contribution in [0.3, 0.4) is 0 Å². The Labute approximate surface area is 149 Å². The summed E-state index contributed by atoms with van der Waals surface area (Å²) in [6.45, 7) is 3.01. The Morgan fingerprint density at radius 3 is 3.00 bits per heavy atom. The highest BCUT2D eigenvalue weighted by Crippen LogP contribution is 2.40. The molecular formula is C19H17N3O4. The Hall–Kier alpha value is -3.35. The van der Waals surface area contributed by atoms with Crippen molar-refractivity contribution in [1.29, 1.82) is 0 Å². The lowest BCUT2D eigenvalue weighted by molar-refractivity contribution is -0.384. The van der Waals surface area contributed by atoms with Gasteiger partial charge in [-0.15, -0.1) is 0 Å². The first-order valence-corrected chi connectivity index (χ1v) is 8.36. The van der Waals surface area contributed by atoms with Gasteiger partial charge >= 0.3 is 0 Å². The molecule has 7 heteroatoms. The first-order valence-electron chi connectivity index (χ1n) is 8.36. The third-order valence-electron chi connectivity index (χ3n) is 4.29. The van der Waals surface area contributed by atoms with E-state index in [4.69, 9.17) is 9.47 Å². The molecule has 0 radical (unpaired) electrons. The molecule has 1 unspecified atom stereocenters. The SMILES string of the molecule is CCOc1cccc2c1C(Nc1ccc3cc([N+](=O)[O-])ccc3n1)CO2. The monoisotopic (exact) mass is 351 g/mol. The summed E-state index contributed by atoms with van der Waals surface area (Å²) in [6, 6.07) is 14.0. The van der Waals surface area contributed by atoms with E-state index < -0.39 is 4.92 Å². The second kappa shape index (κ2) is 6.51. The number of non-ortho nitro benzene ring substituents is 1. The molecule has 1 aliphatic heterocycles. The summed E-state index contributed by atoms with van der Waals surface area (Å²) in [5.41, 5.74) is 1.73. The number of fused-ring (bicyclic) bond motifs is 2. The minimum absolute atomic E-state index is 0.0551. The number of nitrogens with one attached hydrogen (secondary N) is 1. The van der Waals surface area contributed by atoms with E-state index in [1.807, 2.05) is 37.3 Å². The topological polar surface area (TPSA) is 86.5 Å². The number of nitro groups is 1. The first kappa shape index (κ1) is 16.1. The van der Waals surface area contributed by atoms with E-state index >= 15 is 0 Å². The normalized spacial score (nSPS) is 15.3. The van der Waals surface area contributed by atoms with Gasteiger partial charge in [0.2, 0.25) is 0 Å². The van der Waals surface area contributed by atoms with Crippen molar-refractivity contribution in [3.63, 3.8) is 0 Å². The van der Waals surface area contributed by atoms with Crippen LogP contribution in [-0.4, -0.2) is 23.1 Å². The fraction of sp³-hybridized carbons (Fsp3) is 0.211. The van der Waals surface area contributed by atoms with Crippen molar-refractivity contribution in [1.82, 2.24) is 4.98 Å². The number of benzene rings is 2. The van der Waals surface area contributed by atoms with Crippen LogP contribution in [0.2, 0.25) is 0 Å². The summed E-state index contributed by atoms with van der Waals surface area (Å²) in [5.74, 6) is 2.29. The van der Waals surface area contributed by atoms with E-state index in [0.29, 0.717) is 24.5 Å². The summed E-state index contributed by atoms with van der Waals surface area (Å²) in [7, 11) is 0. The molecule has 0 fully saturated rings. The van der Waals surface area contributed by atoms with E-state index in [9.17, 15) is 10.1 Å². The zero-order chi connectivity index (χ0) is 18.1. The number of hydrogen-bond donors (Lipinski definition) is 1. The quantitative estimate of drug-likeness (QED) is 0.550. The van der Waals surface area contributed by atoms with E-state index in [1.54, 1.807) is 6.07 Å². The number of anilines is 1. The molecule has 0 saturated heterocycles. The fourth-order valence-electron chi connectivity index (χ4n) is 3.13. The lowest BCUT2D eigenvalue weighted by Gasteiger charge is -2.16. The van der Waals surface area contributed by atoms with E-state index in [-0.39, 0.29) is 11.7 Å². The molecule has 26 heavy (non-hydrogen) atoms. The Morgan fingerprint density at radius 2 is 2.19 bits per heavy atom. The highest BCUT2D eigenvalue weighted by molar-refractivity contribution is 5.82. The molecule has 0 spiro atoms. The summed E-state index contributed by atoms with van der Waals surface area (Å²) >= 11 is 0. The molecule has 2 aromatic carbocycles. The Bertz CT molecular complexity index is 990. The van der Waals surface area contributed by atoms with Gasteiger partial charge in [0.05, 0.1) is 28.7 Å². The molecule has 0 amide bonds. The van der Waals surface area contributed by atoms with Crippen LogP contribution < -0.4 is 14.8 Å². The maximum atomic E-state index is 10.9. The van der Waals surface area contributed by atoms with Gasteiger partial charge < -0.3 is 14.8 Å². The van der Waals surface area contributed by atoms with Crippen LogP contribution in [0.1, 0.15) is 18.5 Å². The van der Waals surface area contributed by atoms with Gasteiger partial charge in [0.15, 0.2) is 0 Å². The molecule has 0 saturated carbocycles. The maximum absolute atomic E-state index is 10.9. The van der Waals surface area contributed by atoms with E-state index in [2.05, 4.69) is 10.3 Å². The van der Waals surface area contributed by atoms with Crippen LogP contribution in [0.25, 0.3) is 10.9 Å². The van der Waals surface area contributed by atoms with Crippen molar-refractivity contribution in [2.75, 3.05) is 18.5 Å². The van der Waals surface area contributed by atoms with Crippen molar-refractivity contribution < 1.29 is 14.4 Å². The van der Waals surface area contributed by atoms with Crippen LogP contribution >= 0.6 is 0 Å². The number of rotatable bonds is 5. The predicted octanol–water partition coefficient (Wildman–Crippen LogP) is 4.09. The summed E-state index contributed by atoms with van der Waals surface area (Å²) in [6.07, 6.45) is 0. The summed E-state index contributed by atoms with van der Waals surface area (Å²) in [5, 5.41) is 15.0. The van der Waals surface area contributed by atoms with Crippen LogP contribution in [0.4, 0.5) is 11.5 Å². The smallest absolute Gasteiger partial charge is 0.270 e. The molecule has 2 heterocycles. The van der Waals surface area contributed by atoms with Crippen molar-refractivity contribution in [3.8, 4) is 11.5 Å². The summed E-state index contributed by atoms with van der Waals surface area (Å²) in [4.78, 5) is 15.0. The lowest BCUT2D eigenvalue weighted by atomic mass is 10.1. The molecule has 3 aromatic rings. The molecule has 4 rings (SSSR count). The zero-order valence-electron chi connectivity index (χ0n) is 14.1. The van der Waals surface area contributed by atoms with Crippen molar-refractivity contribution in [2.45, 2.75) is 13.0 Å². The second-order valence-electron chi connectivity index (χ2n) is 5.94. The predicted molar refractivity (Wildman–Crippen MR) is 97.9 cm³/mol. The standard InChI is InChI=1S/C19H17N3O4/c1-2-25-16-4-3-5-17-19(16)15(11-26-17)21-18-9-6-12-10-13(22(23)24)7-8-14(12)20-18/h3-10,15H,2,11H2,1H3,(H,20,21). The minimum atomic E-state index is -0.409. The van der Waals surface area contributed by atoms with Crippen LogP contribution in [0.5, 0.6) is 11.5 Å². The molecule has 1 aliphatic rings. The van der Waals surface area contributed by atoms with Gasteiger partial charge in [-0.25, -0.2) is 4.98 Å². The maximum Gasteiger partial charge on any atom is 0.270 e. The van der Waals surface area contributed by atoms with Gasteiger partial charge in [-0.05, 0) is 37.3 Å². The molecule has 7 nitrogen and oxygen atoms in total. The lowest BCUT2D eigenvalue weighted by Crippen LogP contribution is -2.14. The number of ether oxygens (including phenoxy) is 2. The molecule has 0 aliphatic carbocycles. The van der Waals surface area contributed by atoms with E-state index in [0.717, 1.165) is 22.4 Å². The van der Waals surface area contributed by atoms with Gasteiger partial charge in [-0.3, -0.25) is 10.1 Å². The molecular weight excluding hydrogens is 334 g/mol. The fourth-order valence-corrected chi connectivity index (χ4v) is 3.13. The Balaban J connectivity index is 1.63. The van der Waals surface area contributed by atoms with Gasteiger partial charge in [0.25, 0.3) is 5.69 Å².